The van der Waals surface area contributed by atoms with E-state index in [-0.39, 0.29) is 17.1 Å². The molecule has 2 rings (SSSR count). The molecule has 1 unspecified atom stereocenters. The lowest BCUT2D eigenvalue weighted by atomic mass is 10.3. The second-order valence-corrected chi connectivity index (χ2v) is 7.49. The van der Waals surface area contributed by atoms with E-state index >= 15 is 0 Å². The summed E-state index contributed by atoms with van der Waals surface area (Å²) >= 11 is 13.5. The van der Waals surface area contributed by atoms with E-state index < -0.39 is 0 Å². The average Bonchev–Trinajstić information content (AvgIpc) is 2.55. The van der Waals surface area contributed by atoms with Crippen molar-refractivity contribution in [3.63, 3.8) is 0 Å². The number of carbonyl (C=O) groups excluding carboxylic acids is 1. The summed E-state index contributed by atoms with van der Waals surface area (Å²) in [4.78, 5) is 26.5. The van der Waals surface area contributed by atoms with Gasteiger partial charge in [-0.25, -0.2) is 0 Å². The summed E-state index contributed by atoms with van der Waals surface area (Å²) in [6, 6.07) is 5.04. The van der Waals surface area contributed by atoms with Gasteiger partial charge in [0.1, 0.15) is 5.82 Å². The minimum Gasteiger partial charge on any atom is -0.368 e. The van der Waals surface area contributed by atoms with Gasteiger partial charge < -0.3 is 16.0 Å². The molecule has 3 N–H and O–H groups in total. The maximum Gasteiger partial charge on any atom is 0.237 e. The minimum absolute atomic E-state index is 0.147. The number of thioether (sulfide) groups is 1. The van der Waals surface area contributed by atoms with E-state index in [4.69, 9.17) is 28.9 Å². The molecule has 1 atom stereocenters. The smallest absolute Gasteiger partial charge is 0.237 e. The summed E-state index contributed by atoms with van der Waals surface area (Å²) in [5, 5.41) is 3.15. The molecule has 0 saturated heterocycles. The molecule has 0 bridgehead atoms. The van der Waals surface area contributed by atoms with Gasteiger partial charge in [0.15, 0.2) is 0 Å². The van der Waals surface area contributed by atoms with Gasteiger partial charge in [-0.2, -0.15) is 15.0 Å². The lowest BCUT2D eigenvalue weighted by molar-refractivity contribution is -0.115. The number of nitrogen functional groups attached to an aromatic ring is 1. The standard InChI is InChI=1S/C15H18Cl2N6OS/c1-8(13(24)21-12-9(16)5-4-6-10(12)17)25-7-11-19-14(18)22-15(20-11)23(2)3/h4-6,8H,7H2,1-3H3,(H,21,24)(H2,18,19,20,22). The van der Waals surface area contributed by atoms with Gasteiger partial charge in [0.25, 0.3) is 0 Å². The van der Waals surface area contributed by atoms with Crippen molar-refractivity contribution in [1.29, 1.82) is 0 Å². The molecule has 0 aliphatic carbocycles. The Labute approximate surface area is 160 Å². The predicted molar refractivity (Wildman–Crippen MR) is 104 cm³/mol. The molecule has 1 amide bonds. The maximum atomic E-state index is 12.3. The van der Waals surface area contributed by atoms with Gasteiger partial charge in [0.2, 0.25) is 17.8 Å². The zero-order valence-electron chi connectivity index (χ0n) is 14.0. The average molecular weight is 401 g/mol. The Morgan fingerprint density at radius 1 is 1.28 bits per heavy atom. The fourth-order valence-electron chi connectivity index (χ4n) is 1.81. The van der Waals surface area contributed by atoms with Crippen LogP contribution in [-0.4, -0.2) is 40.2 Å². The van der Waals surface area contributed by atoms with Gasteiger partial charge in [-0.3, -0.25) is 4.79 Å². The van der Waals surface area contributed by atoms with Crippen LogP contribution in [0.4, 0.5) is 17.6 Å². The normalized spacial score (nSPS) is 11.9. The molecular formula is C15H18Cl2N6OS. The monoisotopic (exact) mass is 400 g/mol. The predicted octanol–water partition coefficient (Wildman–Crippen LogP) is 3.09. The number of nitrogens with two attached hydrogens (primary N) is 1. The Balaban J connectivity index is 2.00. The van der Waals surface area contributed by atoms with Crippen LogP contribution in [0.1, 0.15) is 12.7 Å². The lowest BCUT2D eigenvalue weighted by Gasteiger charge is -2.14. The molecule has 1 heterocycles. The molecule has 1 aromatic heterocycles. The Hall–Kier alpha value is -1.77. The van der Waals surface area contributed by atoms with Gasteiger partial charge in [0.05, 0.1) is 26.7 Å². The summed E-state index contributed by atoms with van der Waals surface area (Å²) in [5.41, 5.74) is 6.10. The molecular weight excluding hydrogens is 383 g/mol. The number of hydrogen-bond donors (Lipinski definition) is 2. The van der Waals surface area contributed by atoms with E-state index in [0.717, 1.165) is 0 Å². The van der Waals surface area contributed by atoms with Crippen LogP contribution in [0, 0.1) is 0 Å². The molecule has 0 fully saturated rings. The molecule has 0 aliphatic heterocycles. The lowest BCUT2D eigenvalue weighted by Crippen LogP contribution is -2.23. The highest BCUT2D eigenvalue weighted by Gasteiger charge is 2.17. The topological polar surface area (TPSA) is 97.0 Å². The first-order chi connectivity index (χ1) is 11.8. The second-order valence-electron chi connectivity index (χ2n) is 5.34. The second kappa shape index (κ2) is 8.55. The van der Waals surface area contributed by atoms with Crippen molar-refractivity contribution >= 4 is 58.5 Å². The highest BCUT2D eigenvalue weighted by molar-refractivity contribution is 7.99. The number of hydrogen-bond acceptors (Lipinski definition) is 7. The third kappa shape index (κ3) is 5.35. The molecule has 0 radical (unpaired) electrons. The quantitative estimate of drug-likeness (QED) is 0.768. The van der Waals surface area contributed by atoms with E-state index in [1.807, 2.05) is 14.1 Å². The number of benzene rings is 1. The molecule has 25 heavy (non-hydrogen) atoms. The number of nitrogens with one attached hydrogen (secondary N) is 1. The summed E-state index contributed by atoms with van der Waals surface area (Å²) in [6.07, 6.45) is 0. The van der Waals surface area contributed by atoms with Crippen molar-refractivity contribution in [2.24, 2.45) is 0 Å². The molecule has 1 aromatic carbocycles. The maximum absolute atomic E-state index is 12.3. The van der Waals surface area contributed by atoms with Crippen LogP contribution in [0.2, 0.25) is 10.0 Å². The van der Waals surface area contributed by atoms with Crippen molar-refractivity contribution in [3.8, 4) is 0 Å². The molecule has 7 nitrogen and oxygen atoms in total. The number of amides is 1. The number of aromatic nitrogens is 3. The molecule has 0 spiro atoms. The Morgan fingerprint density at radius 3 is 2.52 bits per heavy atom. The van der Waals surface area contributed by atoms with Crippen molar-refractivity contribution in [2.45, 2.75) is 17.9 Å². The number of anilines is 3. The SMILES string of the molecule is CC(SCc1nc(N)nc(N(C)C)n1)C(=O)Nc1c(Cl)cccc1Cl. The zero-order valence-corrected chi connectivity index (χ0v) is 16.3. The van der Waals surface area contributed by atoms with Gasteiger partial charge in [0, 0.05) is 14.1 Å². The van der Waals surface area contributed by atoms with Crippen LogP contribution < -0.4 is 16.0 Å². The number of para-hydroxylation sites is 1. The van der Waals surface area contributed by atoms with Crippen molar-refractivity contribution < 1.29 is 4.79 Å². The van der Waals surface area contributed by atoms with Gasteiger partial charge in [-0.05, 0) is 19.1 Å². The summed E-state index contributed by atoms with van der Waals surface area (Å²) in [6.45, 7) is 1.78. The molecule has 2 aromatic rings. The zero-order chi connectivity index (χ0) is 18.6. The van der Waals surface area contributed by atoms with Crippen molar-refractivity contribution in [2.75, 3.05) is 30.0 Å². The Kier molecular flexibility index (Phi) is 6.69. The number of carbonyl (C=O) groups is 1. The largest absolute Gasteiger partial charge is 0.368 e. The van der Waals surface area contributed by atoms with E-state index in [1.54, 1.807) is 30.0 Å². The van der Waals surface area contributed by atoms with Gasteiger partial charge >= 0.3 is 0 Å². The Bertz CT molecular complexity index is 753. The first-order valence-electron chi connectivity index (χ1n) is 7.32. The van der Waals surface area contributed by atoms with Crippen LogP contribution in [-0.2, 0) is 10.5 Å². The van der Waals surface area contributed by atoms with E-state index in [1.165, 1.54) is 11.8 Å². The molecule has 0 saturated carbocycles. The summed E-state index contributed by atoms with van der Waals surface area (Å²) in [5.74, 6) is 1.34. The van der Waals surface area contributed by atoms with Gasteiger partial charge in [-0.15, -0.1) is 11.8 Å². The number of halogens is 2. The van der Waals surface area contributed by atoms with E-state index in [0.29, 0.717) is 33.3 Å². The van der Waals surface area contributed by atoms with Crippen LogP contribution in [0.5, 0.6) is 0 Å². The minimum atomic E-state index is -0.367. The van der Waals surface area contributed by atoms with Gasteiger partial charge in [-0.1, -0.05) is 29.3 Å². The molecule has 0 aliphatic rings. The van der Waals surface area contributed by atoms with Crippen molar-refractivity contribution in [1.82, 2.24) is 15.0 Å². The van der Waals surface area contributed by atoms with Crippen LogP contribution >= 0.6 is 35.0 Å². The fraction of sp³-hybridized carbons (Fsp3) is 0.333. The summed E-state index contributed by atoms with van der Waals surface area (Å²) < 4.78 is 0. The third-order valence-corrected chi connectivity index (χ3v) is 4.90. The first-order valence-corrected chi connectivity index (χ1v) is 9.12. The summed E-state index contributed by atoms with van der Waals surface area (Å²) in [7, 11) is 3.63. The van der Waals surface area contributed by atoms with Crippen LogP contribution in [0.15, 0.2) is 18.2 Å². The molecule has 10 heteroatoms. The highest BCUT2D eigenvalue weighted by Crippen LogP contribution is 2.30. The molecule has 134 valence electrons. The third-order valence-electron chi connectivity index (χ3n) is 3.13. The first kappa shape index (κ1) is 19.6. The Morgan fingerprint density at radius 2 is 1.92 bits per heavy atom. The van der Waals surface area contributed by atoms with Crippen LogP contribution in [0.3, 0.4) is 0 Å². The van der Waals surface area contributed by atoms with Crippen molar-refractivity contribution in [3.05, 3.63) is 34.1 Å². The van der Waals surface area contributed by atoms with E-state index in [2.05, 4.69) is 20.3 Å². The number of nitrogens with zero attached hydrogens (tertiary/aromatic N) is 4. The highest BCUT2D eigenvalue weighted by atomic mass is 35.5. The number of rotatable bonds is 6. The van der Waals surface area contributed by atoms with Crippen LogP contribution in [0.25, 0.3) is 0 Å². The fourth-order valence-corrected chi connectivity index (χ4v) is 3.04. The van der Waals surface area contributed by atoms with E-state index in [9.17, 15) is 4.79 Å².